The van der Waals surface area contributed by atoms with Crippen molar-refractivity contribution in [2.45, 2.75) is 25.4 Å². The Balaban J connectivity index is 1.68. The summed E-state index contributed by atoms with van der Waals surface area (Å²) in [5.74, 6) is 0.408. The predicted molar refractivity (Wildman–Crippen MR) is 95.4 cm³/mol. The Hall–Kier alpha value is -2.39. The van der Waals surface area contributed by atoms with Crippen molar-refractivity contribution in [1.82, 2.24) is 14.2 Å². The number of carbonyl (C=O) groups is 1. The first-order valence-corrected chi connectivity index (χ1v) is 10.2. The first-order chi connectivity index (χ1) is 12.3. The maximum absolute atomic E-state index is 12.6. The van der Waals surface area contributed by atoms with Crippen LogP contribution in [0.1, 0.15) is 29.2 Å². The summed E-state index contributed by atoms with van der Waals surface area (Å²) < 4.78 is 32.4. The van der Waals surface area contributed by atoms with Crippen molar-refractivity contribution in [2.75, 3.05) is 19.3 Å². The van der Waals surface area contributed by atoms with Crippen LogP contribution in [0.25, 0.3) is 0 Å². The van der Waals surface area contributed by atoms with Gasteiger partial charge in [0.1, 0.15) is 5.76 Å². The monoisotopic (exact) mass is 379 g/mol. The van der Waals surface area contributed by atoms with Crippen molar-refractivity contribution >= 4 is 15.9 Å². The Morgan fingerprint density at radius 3 is 2.85 bits per heavy atom. The van der Waals surface area contributed by atoms with Gasteiger partial charge in [-0.05, 0) is 31.0 Å². The highest BCUT2D eigenvalue weighted by Crippen LogP contribution is 2.17. The number of nitrogens with zero attached hydrogens (tertiary/aromatic N) is 2. The van der Waals surface area contributed by atoms with Crippen molar-refractivity contribution in [1.29, 1.82) is 0 Å². The number of pyridine rings is 1. The second-order valence-electron chi connectivity index (χ2n) is 6.41. The van der Waals surface area contributed by atoms with Crippen LogP contribution in [0.2, 0.25) is 0 Å². The second-order valence-corrected chi connectivity index (χ2v) is 8.19. The summed E-state index contributed by atoms with van der Waals surface area (Å²) in [7, 11) is -3.32. The number of amides is 1. The van der Waals surface area contributed by atoms with Crippen LogP contribution in [-0.2, 0) is 16.6 Å². The van der Waals surface area contributed by atoms with Crippen molar-refractivity contribution in [3.05, 3.63) is 58.4 Å². The van der Waals surface area contributed by atoms with Crippen LogP contribution in [-0.4, -0.2) is 49.2 Å². The van der Waals surface area contributed by atoms with E-state index in [0.717, 1.165) is 6.26 Å². The number of furan rings is 1. The molecule has 3 heterocycles. The molecule has 1 saturated heterocycles. The number of hydrogen-bond acceptors (Lipinski definition) is 5. The topological polar surface area (TPSA) is 102 Å². The summed E-state index contributed by atoms with van der Waals surface area (Å²) in [5, 5.41) is 0. The van der Waals surface area contributed by atoms with Gasteiger partial charge in [0.2, 0.25) is 10.0 Å². The van der Waals surface area contributed by atoms with E-state index in [0.29, 0.717) is 31.7 Å². The second kappa shape index (κ2) is 7.46. The van der Waals surface area contributed by atoms with Crippen molar-refractivity contribution in [2.24, 2.45) is 0 Å². The van der Waals surface area contributed by atoms with E-state index in [2.05, 4.69) is 4.72 Å². The molecule has 2 aromatic heterocycles. The van der Waals surface area contributed by atoms with Crippen LogP contribution in [0.5, 0.6) is 0 Å². The maximum Gasteiger partial charge on any atom is 0.289 e. The van der Waals surface area contributed by atoms with E-state index in [1.54, 1.807) is 35.4 Å². The molecule has 140 valence electrons. The molecule has 1 atom stereocenters. The average Bonchev–Trinajstić information content (AvgIpc) is 3.03. The quantitative estimate of drug-likeness (QED) is 0.822. The third kappa shape index (κ3) is 4.61. The van der Waals surface area contributed by atoms with E-state index in [9.17, 15) is 18.0 Å². The maximum atomic E-state index is 12.6. The van der Waals surface area contributed by atoms with Gasteiger partial charge in [0.05, 0.1) is 12.8 Å². The number of rotatable bonds is 5. The number of sulfonamides is 1. The van der Waals surface area contributed by atoms with Crippen molar-refractivity contribution in [3.63, 3.8) is 0 Å². The number of likely N-dealkylation sites (tertiary alicyclic amines) is 1. The zero-order valence-electron chi connectivity index (χ0n) is 14.4. The summed E-state index contributed by atoms with van der Waals surface area (Å²) in [6.07, 6.45) is 4.17. The number of nitrogens with one attached hydrogen (secondary N) is 1. The molecule has 0 aliphatic carbocycles. The molecule has 1 N–H and O–H groups in total. The van der Waals surface area contributed by atoms with Gasteiger partial charge < -0.3 is 13.9 Å². The molecule has 26 heavy (non-hydrogen) atoms. The molecule has 1 aliphatic heterocycles. The molecule has 2 aromatic rings. The SMILES string of the molecule is CS(=O)(=O)N[C@@H]1CCCN(C(=O)c2ccc(Cn3ccccc3=O)o2)C1. The highest BCUT2D eigenvalue weighted by atomic mass is 32.2. The molecule has 1 amide bonds. The van der Waals surface area contributed by atoms with Gasteiger partial charge in [0, 0.05) is 31.4 Å². The van der Waals surface area contributed by atoms with Gasteiger partial charge in [-0.3, -0.25) is 9.59 Å². The molecular formula is C17H21N3O5S. The summed E-state index contributed by atoms with van der Waals surface area (Å²) in [5.41, 5.74) is -0.150. The molecule has 0 saturated carbocycles. The largest absolute Gasteiger partial charge is 0.454 e. The fourth-order valence-electron chi connectivity index (χ4n) is 3.05. The van der Waals surface area contributed by atoms with Crippen LogP contribution in [0.3, 0.4) is 0 Å². The van der Waals surface area contributed by atoms with Gasteiger partial charge in [-0.15, -0.1) is 0 Å². The fourth-order valence-corrected chi connectivity index (χ4v) is 3.85. The standard InChI is InChI=1S/C17H21N3O5S/c1-26(23,24)18-13-5-4-10-20(11-13)17(22)15-8-7-14(25-15)12-19-9-3-2-6-16(19)21/h2-3,6-9,13,18H,4-5,10-12H2,1H3/t13-/m1/s1. The first kappa shape index (κ1) is 18.4. The minimum atomic E-state index is -3.32. The Kier molecular flexibility index (Phi) is 5.28. The normalized spacial score (nSPS) is 18.0. The third-order valence-electron chi connectivity index (χ3n) is 4.19. The Morgan fingerprint density at radius 2 is 2.12 bits per heavy atom. The lowest BCUT2D eigenvalue weighted by atomic mass is 10.1. The minimum Gasteiger partial charge on any atom is -0.454 e. The summed E-state index contributed by atoms with van der Waals surface area (Å²) in [6.45, 7) is 1.10. The molecular weight excluding hydrogens is 358 g/mol. The van der Waals surface area contributed by atoms with E-state index >= 15 is 0 Å². The lowest BCUT2D eigenvalue weighted by Crippen LogP contribution is -2.49. The number of piperidine rings is 1. The molecule has 0 spiro atoms. The molecule has 3 rings (SSSR count). The van der Waals surface area contributed by atoms with Crippen LogP contribution in [0.4, 0.5) is 0 Å². The molecule has 0 aromatic carbocycles. The van der Waals surface area contributed by atoms with Crippen LogP contribution >= 0.6 is 0 Å². The molecule has 1 aliphatic rings. The number of aromatic nitrogens is 1. The van der Waals surface area contributed by atoms with Crippen molar-refractivity contribution in [3.8, 4) is 0 Å². The van der Waals surface area contributed by atoms with Gasteiger partial charge in [-0.2, -0.15) is 0 Å². The Morgan fingerprint density at radius 1 is 1.31 bits per heavy atom. The molecule has 0 unspecified atom stereocenters. The van der Waals surface area contributed by atoms with Crippen molar-refractivity contribution < 1.29 is 17.6 Å². The van der Waals surface area contributed by atoms with E-state index in [1.165, 1.54) is 10.6 Å². The van der Waals surface area contributed by atoms with Gasteiger partial charge in [0.15, 0.2) is 5.76 Å². The molecule has 1 fully saturated rings. The van der Waals surface area contributed by atoms with E-state index < -0.39 is 10.0 Å². The number of hydrogen-bond donors (Lipinski definition) is 1. The van der Waals surface area contributed by atoms with Crippen LogP contribution < -0.4 is 10.3 Å². The van der Waals surface area contributed by atoms with E-state index in [-0.39, 0.29) is 29.8 Å². The third-order valence-corrected chi connectivity index (χ3v) is 4.95. The molecule has 0 bridgehead atoms. The Bertz CT molecular complexity index is 947. The van der Waals surface area contributed by atoms with Gasteiger partial charge in [0.25, 0.3) is 11.5 Å². The minimum absolute atomic E-state index is 0.150. The zero-order valence-corrected chi connectivity index (χ0v) is 15.2. The average molecular weight is 379 g/mol. The summed E-state index contributed by atoms with van der Waals surface area (Å²) >= 11 is 0. The summed E-state index contributed by atoms with van der Waals surface area (Å²) in [4.78, 5) is 26.0. The lowest BCUT2D eigenvalue weighted by Gasteiger charge is -2.32. The van der Waals surface area contributed by atoms with Crippen LogP contribution in [0, 0.1) is 0 Å². The molecule has 9 heteroatoms. The van der Waals surface area contributed by atoms with Gasteiger partial charge in [-0.25, -0.2) is 13.1 Å². The summed E-state index contributed by atoms with van der Waals surface area (Å²) in [6, 6.07) is 7.83. The van der Waals surface area contributed by atoms with Gasteiger partial charge in [-0.1, -0.05) is 6.07 Å². The first-order valence-electron chi connectivity index (χ1n) is 8.32. The fraction of sp³-hybridized carbons (Fsp3) is 0.412. The predicted octanol–water partition coefficient (Wildman–Crippen LogP) is 0.643. The Labute approximate surface area is 151 Å². The van der Waals surface area contributed by atoms with E-state index in [1.807, 2.05) is 0 Å². The molecule has 0 radical (unpaired) electrons. The van der Waals surface area contributed by atoms with Crippen LogP contribution in [0.15, 0.2) is 45.7 Å². The highest BCUT2D eigenvalue weighted by molar-refractivity contribution is 7.88. The smallest absolute Gasteiger partial charge is 0.289 e. The molecule has 8 nitrogen and oxygen atoms in total. The van der Waals surface area contributed by atoms with Gasteiger partial charge >= 0.3 is 0 Å². The zero-order chi connectivity index (χ0) is 18.7. The lowest BCUT2D eigenvalue weighted by molar-refractivity contribution is 0.0669. The van der Waals surface area contributed by atoms with E-state index in [4.69, 9.17) is 4.42 Å². The number of carbonyl (C=O) groups excluding carboxylic acids is 1. The highest BCUT2D eigenvalue weighted by Gasteiger charge is 2.27.